The molecule has 19 heavy (non-hydrogen) atoms. The Bertz CT molecular complexity index is 455. The molecule has 0 aliphatic heterocycles. The molecule has 1 atom stereocenters. The first-order valence-corrected chi connectivity index (χ1v) is 6.13. The number of nitrogens with one attached hydrogen (secondary N) is 1. The van der Waals surface area contributed by atoms with Crippen LogP contribution in [0.4, 0.5) is 5.69 Å². The van der Waals surface area contributed by atoms with E-state index in [2.05, 4.69) is 11.4 Å². The normalized spacial score (nSPS) is 11.3. The Morgan fingerprint density at radius 2 is 1.68 bits per heavy atom. The number of hydrogen-bond donors (Lipinski definition) is 1. The van der Waals surface area contributed by atoms with Crippen molar-refractivity contribution in [3.05, 3.63) is 12.1 Å². The van der Waals surface area contributed by atoms with Gasteiger partial charge in [-0.2, -0.15) is 5.26 Å². The van der Waals surface area contributed by atoms with Gasteiger partial charge in [-0.15, -0.1) is 0 Å². The third kappa shape index (κ3) is 3.68. The minimum absolute atomic E-state index is 0.0298. The molecule has 0 fully saturated rings. The van der Waals surface area contributed by atoms with Gasteiger partial charge in [-0.3, -0.25) is 0 Å². The van der Waals surface area contributed by atoms with Crippen LogP contribution in [0.3, 0.4) is 0 Å². The van der Waals surface area contributed by atoms with Gasteiger partial charge in [0.25, 0.3) is 0 Å². The van der Waals surface area contributed by atoms with E-state index in [4.69, 9.17) is 19.5 Å². The Labute approximate surface area is 114 Å². The largest absolute Gasteiger partial charge is 0.494 e. The SMILES string of the molecule is CCC(C#N)CNc1cc(OC)c(OC)cc1OC. The summed E-state index contributed by atoms with van der Waals surface area (Å²) < 4.78 is 15.8. The van der Waals surface area contributed by atoms with Crippen molar-refractivity contribution in [2.75, 3.05) is 33.2 Å². The van der Waals surface area contributed by atoms with Gasteiger partial charge in [-0.25, -0.2) is 0 Å². The Morgan fingerprint density at radius 3 is 2.16 bits per heavy atom. The summed E-state index contributed by atoms with van der Waals surface area (Å²) in [5.41, 5.74) is 0.786. The number of anilines is 1. The number of nitrogens with zero attached hydrogens (tertiary/aromatic N) is 1. The molecule has 1 N–H and O–H groups in total. The zero-order valence-corrected chi connectivity index (χ0v) is 11.8. The second kappa shape index (κ2) is 7.37. The van der Waals surface area contributed by atoms with Crippen LogP contribution in [-0.4, -0.2) is 27.9 Å². The van der Waals surface area contributed by atoms with Crippen molar-refractivity contribution in [2.24, 2.45) is 5.92 Å². The van der Waals surface area contributed by atoms with E-state index in [0.29, 0.717) is 23.8 Å². The lowest BCUT2D eigenvalue weighted by Crippen LogP contribution is -2.12. The fraction of sp³-hybridized carbons (Fsp3) is 0.500. The molecule has 0 aliphatic rings. The van der Waals surface area contributed by atoms with Crippen LogP contribution in [-0.2, 0) is 0 Å². The summed E-state index contributed by atoms with van der Waals surface area (Å²) in [6.07, 6.45) is 0.805. The van der Waals surface area contributed by atoms with Gasteiger partial charge in [-0.05, 0) is 6.42 Å². The lowest BCUT2D eigenvalue weighted by Gasteiger charge is -2.16. The summed E-state index contributed by atoms with van der Waals surface area (Å²) in [4.78, 5) is 0. The number of nitriles is 1. The molecule has 5 nitrogen and oxygen atoms in total. The van der Waals surface area contributed by atoms with E-state index in [1.165, 1.54) is 0 Å². The minimum Gasteiger partial charge on any atom is -0.494 e. The average molecular weight is 264 g/mol. The maximum absolute atomic E-state index is 8.95. The molecule has 1 aromatic carbocycles. The lowest BCUT2D eigenvalue weighted by atomic mass is 10.1. The van der Waals surface area contributed by atoms with Crippen LogP contribution < -0.4 is 19.5 Å². The summed E-state index contributed by atoms with van der Waals surface area (Å²) in [6.45, 7) is 2.56. The summed E-state index contributed by atoms with van der Waals surface area (Å²) in [5.74, 6) is 1.86. The smallest absolute Gasteiger partial charge is 0.164 e. The zero-order valence-electron chi connectivity index (χ0n) is 11.8. The van der Waals surface area contributed by atoms with Crippen molar-refractivity contribution in [3.8, 4) is 23.3 Å². The molecule has 0 radical (unpaired) electrons. The first kappa shape index (κ1) is 15.0. The molecule has 0 spiro atoms. The monoisotopic (exact) mass is 264 g/mol. The van der Waals surface area contributed by atoms with Gasteiger partial charge in [-0.1, -0.05) is 6.92 Å². The maximum atomic E-state index is 8.95. The molecular formula is C14H20N2O3. The van der Waals surface area contributed by atoms with Crippen LogP contribution in [0.15, 0.2) is 12.1 Å². The number of benzene rings is 1. The van der Waals surface area contributed by atoms with Gasteiger partial charge < -0.3 is 19.5 Å². The highest BCUT2D eigenvalue weighted by atomic mass is 16.5. The molecule has 0 saturated heterocycles. The van der Waals surface area contributed by atoms with E-state index in [0.717, 1.165) is 12.1 Å². The topological polar surface area (TPSA) is 63.5 Å². The van der Waals surface area contributed by atoms with E-state index in [9.17, 15) is 0 Å². The summed E-state index contributed by atoms with van der Waals surface area (Å²) in [5, 5.41) is 12.2. The third-order valence-corrected chi connectivity index (χ3v) is 2.92. The molecule has 0 saturated carbocycles. The highest BCUT2D eigenvalue weighted by molar-refractivity contribution is 5.64. The second-order valence-corrected chi connectivity index (χ2v) is 4.02. The Hall–Kier alpha value is -2.09. The highest BCUT2D eigenvalue weighted by Gasteiger charge is 2.13. The van der Waals surface area contributed by atoms with Gasteiger partial charge in [0.1, 0.15) is 5.75 Å². The molecule has 0 bridgehead atoms. The highest BCUT2D eigenvalue weighted by Crippen LogP contribution is 2.37. The van der Waals surface area contributed by atoms with Gasteiger partial charge in [0.05, 0.1) is 39.0 Å². The standard InChI is InChI=1S/C14H20N2O3/c1-5-10(8-15)9-16-11-6-13(18-3)14(19-4)7-12(11)17-2/h6-7,10,16H,5,9H2,1-4H3. The molecule has 1 unspecified atom stereocenters. The molecule has 0 amide bonds. The number of hydrogen-bond acceptors (Lipinski definition) is 5. The van der Waals surface area contributed by atoms with E-state index in [1.807, 2.05) is 13.0 Å². The molecule has 1 aromatic rings. The van der Waals surface area contributed by atoms with Gasteiger partial charge in [0.2, 0.25) is 0 Å². The fourth-order valence-electron chi connectivity index (χ4n) is 1.68. The van der Waals surface area contributed by atoms with Crippen LogP contribution in [0, 0.1) is 17.2 Å². The number of rotatable bonds is 7. The van der Waals surface area contributed by atoms with Crippen molar-refractivity contribution < 1.29 is 14.2 Å². The zero-order chi connectivity index (χ0) is 14.3. The third-order valence-electron chi connectivity index (χ3n) is 2.92. The van der Waals surface area contributed by atoms with Gasteiger partial charge in [0, 0.05) is 18.7 Å². The van der Waals surface area contributed by atoms with Crippen molar-refractivity contribution >= 4 is 5.69 Å². The van der Waals surface area contributed by atoms with E-state index >= 15 is 0 Å². The summed E-state index contributed by atoms with van der Waals surface area (Å²) >= 11 is 0. The quantitative estimate of drug-likeness (QED) is 0.820. The molecule has 0 aliphatic carbocycles. The molecular weight excluding hydrogens is 244 g/mol. The van der Waals surface area contributed by atoms with Gasteiger partial charge >= 0.3 is 0 Å². The van der Waals surface area contributed by atoms with Gasteiger partial charge in [0.15, 0.2) is 11.5 Å². The van der Waals surface area contributed by atoms with E-state index < -0.39 is 0 Å². The second-order valence-electron chi connectivity index (χ2n) is 4.02. The first-order chi connectivity index (χ1) is 9.19. The molecule has 104 valence electrons. The average Bonchev–Trinajstić information content (AvgIpc) is 2.47. The number of ether oxygens (including phenoxy) is 3. The van der Waals surface area contributed by atoms with E-state index in [1.54, 1.807) is 27.4 Å². The molecule has 1 rings (SSSR count). The minimum atomic E-state index is -0.0298. The summed E-state index contributed by atoms with van der Waals surface area (Å²) in [7, 11) is 4.75. The van der Waals surface area contributed by atoms with Crippen LogP contribution in [0.1, 0.15) is 13.3 Å². The summed E-state index contributed by atoms with van der Waals surface area (Å²) in [6, 6.07) is 5.82. The van der Waals surface area contributed by atoms with Crippen LogP contribution in [0.2, 0.25) is 0 Å². The Kier molecular flexibility index (Phi) is 5.80. The first-order valence-electron chi connectivity index (χ1n) is 6.13. The Morgan fingerprint density at radius 1 is 1.11 bits per heavy atom. The van der Waals surface area contributed by atoms with Crippen molar-refractivity contribution in [1.82, 2.24) is 0 Å². The Balaban J connectivity index is 2.96. The van der Waals surface area contributed by atoms with E-state index in [-0.39, 0.29) is 5.92 Å². The maximum Gasteiger partial charge on any atom is 0.164 e. The fourth-order valence-corrected chi connectivity index (χ4v) is 1.68. The molecule has 0 heterocycles. The predicted octanol–water partition coefficient (Wildman–Crippen LogP) is 2.67. The number of methoxy groups -OCH3 is 3. The molecule has 5 heteroatoms. The molecule has 0 aromatic heterocycles. The van der Waals surface area contributed by atoms with Crippen LogP contribution in [0.25, 0.3) is 0 Å². The van der Waals surface area contributed by atoms with Crippen LogP contribution >= 0.6 is 0 Å². The predicted molar refractivity (Wildman–Crippen MR) is 74.0 cm³/mol. The lowest BCUT2D eigenvalue weighted by molar-refractivity contribution is 0.349. The van der Waals surface area contributed by atoms with Crippen molar-refractivity contribution in [1.29, 1.82) is 5.26 Å². The van der Waals surface area contributed by atoms with Crippen molar-refractivity contribution in [3.63, 3.8) is 0 Å². The van der Waals surface area contributed by atoms with Crippen LogP contribution in [0.5, 0.6) is 17.2 Å². The van der Waals surface area contributed by atoms with Crippen molar-refractivity contribution in [2.45, 2.75) is 13.3 Å².